The minimum atomic E-state index is -0.0937. The molecule has 0 radical (unpaired) electrons. The van der Waals surface area contributed by atoms with E-state index in [9.17, 15) is 0 Å². The van der Waals surface area contributed by atoms with Crippen LogP contribution >= 0.6 is 0 Å². The monoisotopic (exact) mass is 719 g/mol. The molecule has 0 N–H and O–H groups in total. The summed E-state index contributed by atoms with van der Waals surface area (Å²) >= 11 is 0. The average molecular weight is 720 g/mol. The van der Waals surface area contributed by atoms with Crippen LogP contribution in [-0.2, 0) is 10.8 Å². The number of rotatable bonds is 4. The van der Waals surface area contributed by atoms with Crippen LogP contribution in [0.2, 0.25) is 0 Å². The molecular formula is C54H41NO. The highest BCUT2D eigenvalue weighted by atomic mass is 16.3. The van der Waals surface area contributed by atoms with Crippen LogP contribution in [0.15, 0.2) is 156 Å². The summed E-state index contributed by atoms with van der Waals surface area (Å²) in [4.78, 5) is 2.41. The molecule has 268 valence electrons. The fourth-order valence-corrected chi connectivity index (χ4v) is 14.1. The van der Waals surface area contributed by atoms with Crippen LogP contribution in [0.1, 0.15) is 55.4 Å². The predicted molar refractivity (Wildman–Crippen MR) is 228 cm³/mol. The molecule has 2 nitrogen and oxygen atoms in total. The fraction of sp³-hybridized carbons (Fsp3) is 0.222. The first-order valence-corrected chi connectivity index (χ1v) is 20.8. The molecule has 0 amide bonds. The Balaban J connectivity index is 0.882. The molecule has 8 aromatic rings. The summed E-state index contributed by atoms with van der Waals surface area (Å²) in [5.74, 6) is 3.76. The third-order valence-electron chi connectivity index (χ3n) is 16.4. The maximum Gasteiger partial charge on any atom is 0.137 e. The summed E-state index contributed by atoms with van der Waals surface area (Å²) in [6, 6.07) is 57.2. The Morgan fingerprint density at radius 1 is 0.464 bits per heavy atom. The molecule has 4 unspecified atom stereocenters. The van der Waals surface area contributed by atoms with Crippen LogP contribution < -0.4 is 4.90 Å². The number of benzene rings is 7. The van der Waals surface area contributed by atoms with E-state index in [-0.39, 0.29) is 10.8 Å². The largest absolute Gasteiger partial charge is 0.456 e. The first kappa shape index (κ1) is 30.4. The molecule has 1 heterocycles. The maximum atomic E-state index is 6.44. The highest BCUT2D eigenvalue weighted by molar-refractivity contribution is 6.06. The zero-order chi connectivity index (χ0) is 36.7. The van der Waals surface area contributed by atoms with Gasteiger partial charge in [0.2, 0.25) is 0 Å². The van der Waals surface area contributed by atoms with Crippen molar-refractivity contribution in [1.29, 1.82) is 0 Å². The smallest absolute Gasteiger partial charge is 0.137 e. The lowest BCUT2D eigenvalue weighted by Crippen LogP contribution is -2.88. The molecule has 2 spiro atoms. The average Bonchev–Trinajstić information content (AvgIpc) is 3.80. The summed E-state index contributed by atoms with van der Waals surface area (Å²) in [6.07, 6.45) is 4.40. The third kappa shape index (κ3) is 3.30. The topological polar surface area (TPSA) is 16.4 Å². The third-order valence-corrected chi connectivity index (χ3v) is 16.4. The fourth-order valence-electron chi connectivity index (χ4n) is 14.1. The molecule has 7 aromatic carbocycles. The van der Waals surface area contributed by atoms with Crippen molar-refractivity contribution in [2.45, 2.75) is 43.9 Å². The van der Waals surface area contributed by atoms with Gasteiger partial charge in [-0.3, -0.25) is 0 Å². The summed E-state index contributed by atoms with van der Waals surface area (Å²) in [5.41, 5.74) is 20.2. The lowest BCUT2D eigenvalue weighted by atomic mass is 9.11. The van der Waals surface area contributed by atoms with Crippen molar-refractivity contribution in [2.24, 2.45) is 29.1 Å². The molecule has 0 saturated heterocycles. The van der Waals surface area contributed by atoms with E-state index in [2.05, 4.69) is 164 Å². The predicted octanol–water partition coefficient (Wildman–Crippen LogP) is 14.0. The minimum absolute atomic E-state index is 0.0937. The van der Waals surface area contributed by atoms with E-state index in [1.54, 1.807) is 11.1 Å². The van der Waals surface area contributed by atoms with Gasteiger partial charge in [-0.1, -0.05) is 111 Å². The molecule has 14 rings (SSSR count). The number of nitrogens with zero attached hydrogens (tertiary/aromatic N) is 1. The molecule has 6 aliphatic carbocycles. The maximum absolute atomic E-state index is 6.44. The second-order valence-corrected chi connectivity index (χ2v) is 18.4. The Hall–Kier alpha value is -5.86. The number of furan rings is 1. The molecule has 56 heavy (non-hydrogen) atoms. The molecule has 2 heteroatoms. The van der Waals surface area contributed by atoms with Gasteiger partial charge in [-0.25, -0.2) is 0 Å². The molecule has 0 aliphatic heterocycles. The van der Waals surface area contributed by atoms with Crippen molar-refractivity contribution in [3.05, 3.63) is 174 Å². The number of hydrogen-bond acceptors (Lipinski definition) is 2. The zero-order valence-electron chi connectivity index (χ0n) is 31.7. The first-order valence-electron chi connectivity index (χ1n) is 20.8. The first-order chi connectivity index (χ1) is 27.5. The van der Waals surface area contributed by atoms with Crippen molar-refractivity contribution in [3.8, 4) is 33.4 Å². The molecule has 4 atom stereocenters. The second-order valence-electron chi connectivity index (χ2n) is 18.4. The molecule has 4 fully saturated rings. The van der Waals surface area contributed by atoms with E-state index in [1.807, 2.05) is 6.07 Å². The van der Waals surface area contributed by atoms with Gasteiger partial charge >= 0.3 is 0 Å². The Labute approximate surface area is 327 Å². The van der Waals surface area contributed by atoms with E-state index in [0.717, 1.165) is 62.7 Å². The SMILES string of the molecule is CC1(C)c2ccccc2-c2ccc(N(c3ccc(-c4ccc5c(c4)-c4ccccc4C54C5CC6CC7CC4C675)cc3)c3ccc4c(c3)oc3ccccc34)cc21. The van der Waals surface area contributed by atoms with E-state index >= 15 is 0 Å². The molecule has 6 aliphatic rings. The van der Waals surface area contributed by atoms with Gasteiger partial charge in [0.05, 0.1) is 0 Å². The van der Waals surface area contributed by atoms with E-state index in [4.69, 9.17) is 4.42 Å². The molecule has 0 bridgehead atoms. The van der Waals surface area contributed by atoms with Crippen LogP contribution in [0, 0.1) is 29.1 Å². The lowest BCUT2D eigenvalue weighted by Gasteiger charge is -2.92. The normalized spacial score (nSPS) is 27.2. The van der Waals surface area contributed by atoms with Gasteiger partial charge in [0.15, 0.2) is 0 Å². The lowest BCUT2D eigenvalue weighted by molar-refractivity contribution is -0.412. The van der Waals surface area contributed by atoms with Crippen molar-refractivity contribution in [3.63, 3.8) is 0 Å². The van der Waals surface area contributed by atoms with Gasteiger partial charge in [0.1, 0.15) is 11.2 Å². The van der Waals surface area contributed by atoms with Crippen molar-refractivity contribution in [2.75, 3.05) is 4.90 Å². The number of hydrogen-bond donors (Lipinski definition) is 0. The Morgan fingerprint density at radius 3 is 1.88 bits per heavy atom. The van der Waals surface area contributed by atoms with Gasteiger partial charge in [0, 0.05) is 44.7 Å². The second kappa shape index (κ2) is 9.92. The number of para-hydroxylation sites is 1. The van der Waals surface area contributed by atoms with Gasteiger partial charge in [0.25, 0.3) is 0 Å². The highest BCUT2D eigenvalue weighted by Crippen LogP contribution is 2.94. The molecule has 1 aromatic heterocycles. The number of fused-ring (bicyclic) bond motifs is 13. The van der Waals surface area contributed by atoms with Crippen molar-refractivity contribution in [1.82, 2.24) is 0 Å². The van der Waals surface area contributed by atoms with Gasteiger partial charge in [-0.15, -0.1) is 0 Å². The van der Waals surface area contributed by atoms with Gasteiger partial charge in [-0.05, 0) is 153 Å². The number of anilines is 3. The van der Waals surface area contributed by atoms with Crippen LogP contribution in [0.25, 0.3) is 55.3 Å². The standard InChI is InChI=1S/C54H41NO/c1-52(2)44-12-6-3-9-38(44)40-22-20-36(29-47(40)52)55(37-21-23-42-41-11-5-8-14-48(41)56-49(42)30-37)35-18-15-31(16-19-35)32-17-24-46-43(25-32)39-10-4-7-13-45(39)54(46)50-27-33-26-34-28-51(54)53(33,34)50/h3-25,29-30,33-34,50-51H,26-28H2,1-2H3. The summed E-state index contributed by atoms with van der Waals surface area (Å²) in [7, 11) is 0. The zero-order valence-corrected chi connectivity index (χ0v) is 31.7. The van der Waals surface area contributed by atoms with Gasteiger partial charge in [-0.2, -0.15) is 0 Å². The van der Waals surface area contributed by atoms with Crippen LogP contribution in [-0.4, -0.2) is 0 Å². The highest BCUT2D eigenvalue weighted by Gasteiger charge is 2.90. The Bertz CT molecular complexity index is 3010. The van der Waals surface area contributed by atoms with Crippen LogP contribution in [0.4, 0.5) is 17.1 Å². The van der Waals surface area contributed by atoms with E-state index in [0.29, 0.717) is 5.41 Å². The Kier molecular flexibility index (Phi) is 5.38. The minimum Gasteiger partial charge on any atom is -0.456 e. The van der Waals surface area contributed by atoms with E-state index < -0.39 is 0 Å². The van der Waals surface area contributed by atoms with Crippen molar-refractivity contribution < 1.29 is 4.42 Å². The molecule has 4 saturated carbocycles. The summed E-state index contributed by atoms with van der Waals surface area (Å²) in [5, 5.41) is 2.29. The quantitative estimate of drug-likeness (QED) is 0.180. The summed E-state index contributed by atoms with van der Waals surface area (Å²) in [6.45, 7) is 4.72. The van der Waals surface area contributed by atoms with Crippen molar-refractivity contribution >= 4 is 39.0 Å². The molecular weight excluding hydrogens is 679 g/mol. The summed E-state index contributed by atoms with van der Waals surface area (Å²) < 4.78 is 6.44. The Morgan fingerprint density at radius 2 is 1.07 bits per heavy atom. The van der Waals surface area contributed by atoms with Crippen LogP contribution in [0.3, 0.4) is 0 Å². The van der Waals surface area contributed by atoms with Crippen LogP contribution in [0.5, 0.6) is 0 Å². The van der Waals surface area contributed by atoms with Gasteiger partial charge < -0.3 is 9.32 Å². The van der Waals surface area contributed by atoms with E-state index in [1.165, 1.54) is 63.8 Å².